The summed E-state index contributed by atoms with van der Waals surface area (Å²) in [4.78, 5) is 25.9. The van der Waals surface area contributed by atoms with Gasteiger partial charge in [0, 0.05) is 16.3 Å². The monoisotopic (exact) mass is 523 g/mol. The Kier molecular flexibility index (Phi) is 7.65. The highest BCUT2D eigenvalue weighted by Gasteiger charge is 2.28. The van der Waals surface area contributed by atoms with E-state index in [1.54, 1.807) is 49.4 Å². The summed E-state index contributed by atoms with van der Waals surface area (Å²) in [5.41, 5.74) is 1.13. The van der Waals surface area contributed by atoms with Crippen molar-refractivity contribution in [2.45, 2.75) is 51.0 Å². The summed E-state index contributed by atoms with van der Waals surface area (Å²) >= 11 is 0. The minimum atomic E-state index is -3.95. The lowest BCUT2D eigenvalue weighted by molar-refractivity contribution is -0.136. The lowest BCUT2D eigenvalue weighted by Gasteiger charge is -2.18. The summed E-state index contributed by atoms with van der Waals surface area (Å²) in [6.07, 6.45) is 1.67. The quantitative estimate of drug-likeness (QED) is 0.142. The zero-order valence-corrected chi connectivity index (χ0v) is 22.0. The Morgan fingerprint density at radius 3 is 2.38 bits per heavy atom. The minimum Gasteiger partial charge on any atom is -0.497 e. The maximum atomic E-state index is 13.2. The van der Waals surface area contributed by atoms with Gasteiger partial charge in [0.1, 0.15) is 23.1 Å². The first-order valence-electron chi connectivity index (χ1n) is 12.0. The smallest absolute Gasteiger partial charge is 0.344 e. The number of methoxy groups -OCH3 is 1. The van der Waals surface area contributed by atoms with Crippen molar-refractivity contribution in [2.24, 2.45) is 0 Å². The van der Waals surface area contributed by atoms with E-state index in [9.17, 15) is 18.0 Å². The molecule has 0 amide bonds. The van der Waals surface area contributed by atoms with Crippen LogP contribution in [-0.2, 0) is 14.8 Å². The Hall–Kier alpha value is -3.69. The number of rotatable bonds is 9. The molecule has 4 aromatic rings. The molecule has 8 nitrogen and oxygen atoms in total. The van der Waals surface area contributed by atoms with Crippen LogP contribution in [0.2, 0.25) is 0 Å². The van der Waals surface area contributed by atoms with Crippen LogP contribution in [0, 0.1) is 13.8 Å². The number of ether oxygens (including phenoxy) is 2. The molecular formula is C28H29NO7S. The van der Waals surface area contributed by atoms with Crippen molar-refractivity contribution >= 4 is 37.7 Å². The van der Waals surface area contributed by atoms with Gasteiger partial charge < -0.3 is 13.9 Å². The fourth-order valence-corrected chi connectivity index (χ4v) is 5.33. The Balaban J connectivity index is 1.66. The number of aryl methyl sites for hydroxylation is 2. The topological polar surface area (TPSA) is 112 Å². The van der Waals surface area contributed by atoms with Crippen molar-refractivity contribution < 1.29 is 27.1 Å². The normalized spacial score (nSPS) is 12.5. The van der Waals surface area contributed by atoms with Gasteiger partial charge in [-0.1, -0.05) is 37.5 Å². The summed E-state index contributed by atoms with van der Waals surface area (Å²) in [6, 6.07) is 13.8. The average molecular weight is 524 g/mol. The Labute approximate surface area is 215 Å². The highest BCUT2D eigenvalue weighted by atomic mass is 32.2. The first kappa shape index (κ1) is 26.4. The highest BCUT2D eigenvalue weighted by Crippen LogP contribution is 2.32. The Bertz CT molecular complexity index is 1620. The standard InChI is InChI=1S/C28H29NO7S/c1-5-6-7-24(29-37(32,33)20-11-8-17(2)9-12-20)28(31)35-25-15-14-22-21-13-10-19(34-4)16-23(21)27(30)36-26(22)18(25)3/h8-16,24,29H,5-7H2,1-4H3/t24-/m1/s1. The molecule has 37 heavy (non-hydrogen) atoms. The van der Waals surface area contributed by atoms with Crippen molar-refractivity contribution in [3.8, 4) is 11.5 Å². The molecule has 0 spiro atoms. The molecule has 1 atom stereocenters. The number of hydrogen-bond donors (Lipinski definition) is 1. The van der Waals surface area contributed by atoms with Crippen LogP contribution in [0.3, 0.4) is 0 Å². The van der Waals surface area contributed by atoms with Gasteiger partial charge in [0.05, 0.1) is 17.4 Å². The third kappa shape index (κ3) is 5.52. The summed E-state index contributed by atoms with van der Waals surface area (Å²) in [5.74, 6) is -0.0170. The number of benzene rings is 3. The number of unbranched alkanes of at least 4 members (excludes halogenated alkanes) is 1. The fourth-order valence-electron chi connectivity index (χ4n) is 4.11. The van der Waals surface area contributed by atoms with E-state index < -0.39 is 27.7 Å². The van der Waals surface area contributed by atoms with Gasteiger partial charge in [-0.05, 0) is 62.7 Å². The molecule has 0 aliphatic carbocycles. The number of carbonyl (C=O) groups is 1. The second kappa shape index (κ2) is 10.7. The number of nitrogens with one attached hydrogen (secondary N) is 1. The molecule has 1 aromatic heterocycles. The van der Waals surface area contributed by atoms with Gasteiger partial charge in [0.25, 0.3) is 0 Å². The van der Waals surface area contributed by atoms with Crippen LogP contribution < -0.4 is 19.8 Å². The van der Waals surface area contributed by atoms with Gasteiger partial charge in [-0.25, -0.2) is 18.0 Å². The van der Waals surface area contributed by atoms with Crippen LogP contribution in [0.25, 0.3) is 21.7 Å². The first-order chi connectivity index (χ1) is 17.6. The molecule has 1 N–H and O–H groups in total. The number of fused-ring (bicyclic) bond motifs is 3. The lowest BCUT2D eigenvalue weighted by atomic mass is 10.0. The number of hydrogen-bond acceptors (Lipinski definition) is 7. The molecule has 0 unspecified atom stereocenters. The van der Waals surface area contributed by atoms with Gasteiger partial charge in [0.15, 0.2) is 0 Å². The number of esters is 1. The predicted octanol–water partition coefficient (Wildman–Crippen LogP) is 5.01. The molecule has 4 rings (SSSR count). The number of sulfonamides is 1. The van der Waals surface area contributed by atoms with E-state index in [4.69, 9.17) is 13.9 Å². The molecule has 0 saturated heterocycles. The van der Waals surface area contributed by atoms with Crippen LogP contribution in [0.4, 0.5) is 0 Å². The van der Waals surface area contributed by atoms with Gasteiger partial charge in [-0.3, -0.25) is 0 Å². The van der Waals surface area contributed by atoms with Crippen LogP contribution in [0.1, 0.15) is 37.3 Å². The van der Waals surface area contributed by atoms with Crippen molar-refractivity contribution in [1.82, 2.24) is 4.72 Å². The largest absolute Gasteiger partial charge is 0.497 e. The van der Waals surface area contributed by atoms with E-state index in [1.165, 1.54) is 19.2 Å². The van der Waals surface area contributed by atoms with E-state index in [-0.39, 0.29) is 17.1 Å². The van der Waals surface area contributed by atoms with Gasteiger partial charge in [0.2, 0.25) is 10.0 Å². The van der Waals surface area contributed by atoms with Gasteiger partial charge >= 0.3 is 11.6 Å². The summed E-state index contributed by atoms with van der Waals surface area (Å²) in [6.45, 7) is 5.49. The van der Waals surface area contributed by atoms with E-state index in [0.717, 1.165) is 12.0 Å². The first-order valence-corrected chi connectivity index (χ1v) is 13.5. The molecular weight excluding hydrogens is 494 g/mol. The molecule has 0 aliphatic rings. The van der Waals surface area contributed by atoms with Crippen molar-refractivity contribution in [3.63, 3.8) is 0 Å². The average Bonchev–Trinajstić information content (AvgIpc) is 2.88. The van der Waals surface area contributed by atoms with E-state index >= 15 is 0 Å². The highest BCUT2D eigenvalue weighted by molar-refractivity contribution is 7.89. The molecule has 0 radical (unpaired) electrons. The van der Waals surface area contributed by atoms with Crippen LogP contribution >= 0.6 is 0 Å². The molecule has 0 fully saturated rings. The summed E-state index contributed by atoms with van der Waals surface area (Å²) < 4.78 is 44.8. The van der Waals surface area contributed by atoms with Crippen LogP contribution in [0.15, 0.2) is 68.7 Å². The molecule has 9 heteroatoms. The maximum absolute atomic E-state index is 13.2. The predicted molar refractivity (Wildman–Crippen MR) is 142 cm³/mol. The SMILES string of the molecule is CCCC[C@@H](NS(=O)(=O)c1ccc(C)cc1)C(=O)Oc1ccc2c(oc(=O)c3cc(OC)ccc32)c1C. The third-order valence-electron chi connectivity index (χ3n) is 6.26. The van der Waals surface area contributed by atoms with Crippen molar-refractivity contribution in [2.75, 3.05) is 7.11 Å². The third-order valence-corrected chi connectivity index (χ3v) is 7.75. The molecule has 0 aliphatic heterocycles. The second-order valence-electron chi connectivity index (χ2n) is 8.92. The summed E-state index contributed by atoms with van der Waals surface area (Å²) in [7, 11) is -2.43. The number of carbonyl (C=O) groups excluding carboxylic acids is 1. The summed E-state index contributed by atoms with van der Waals surface area (Å²) in [5, 5.41) is 1.73. The van der Waals surface area contributed by atoms with E-state index in [1.807, 2.05) is 13.8 Å². The van der Waals surface area contributed by atoms with Crippen molar-refractivity contribution in [3.05, 3.63) is 76.1 Å². The zero-order chi connectivity index (χ0) is 26.7. The lowest BCUT2D eigenvalue weighted by Crippen LogP contribution is -2.43. The van der Waals surface area contributed by atoms with E-state index in [2.05, 4.69) is 4.72 Å². The maximum Gasteiger partial charge on any atom is 0.344 e. The van der Waals surface area contributed by atoms with Gasteiger partial charge in [-0.2, -0.15) is 4.72 Å². The van der Waals surface area contributed by atoms with Crippen LogP contribution in [-0.4, -0.2) is 27.5 Å². The Morgan fingerprint density at radius 2 is 1.70 bits per heavy atom. The second-order valence-corrected chi connectivity index (χ2v) is 10.6. The van der Waals surface area contributed by atoms with E-state index in [0.29, 0.717) is 39.5 Å². The molecule has 0 saturated carbocycles. The molecule has 0 bridgehead atoms. The van der Waals surface area contributed by atoms with Crippen LogP contribution in [0.5, 0.6) is 11.5 Å². The molecule has 3 aromatic carbocycles. The molecule has 194 valence electrons. The Morgan fingerprint density at radius 1 is 1.00 bits per heavy atom. The molecule has 1 heterocycles. The fraction of sp³-hybridized carbons (Fsp3) is 0.286. The van der Waals surface area contributed by atoms with Crippen molar-refractivity contribution in [1.29, 1.82) is 0 Å². The zero-order valence-electron chi connectivity index (χ0n) is 21.2. The van der Waals surface area contributed by atoms with Gasteiger partial charge in [-0.15, -0.1) is 0 Å². The minimum absolute atomic E-state index is 0.0690.